The molecule has 0 heterocycles. The molecule has 0 unspecified atom stereocenters. The molecule has 3 amide bonds. The minimum absolute atomic E-state index is 0.0432. The largest absolute Gasteiger partial charge is 0.349 e. The molecule has 19 heavy (non-hydrogen) atoms. The molecule has 0 aliphatic heterocycles. The van der Waals surface area contributed by atoms with Crippen molar-refractivity contribution in [3.05, 3.63) is 29.8 Å². The number of amides is 3. The second-order valence-corrected chi connectivity index (χ2v) is 4.74. The Bertz CT molecular complexity index is 450. The van der Waals surface area contributed by atoms with Gasteiger partial charge in [0.25, 0.3) is 5.91 Å². The van der Waals surface area contributed by atoms with Crippen LogP contribution in [0.2, 0.25) is 0 Å². The lowest BCUT2D eigenvalue weighted by Crippen LogP contribution is -2.32. The third kappa shape index (κ3) is 3.71. The first-order valence-electron chi connectivity index (χ1n) is 6.58. The maximum absolute atomic E-state index is 12.0. The fourth-order valence-electron chi connectivity index (χ4n) is 2.24. The summed E-state index contributed by atoms with van der Waals surface area (Å²) in [6.45, 7) is 0. The van der Waals surface area contributed by atoms with E-state index in [1.54, 1.807) is 31.3 Å². The third-order valence-corrected chi connectivity index (χ3v) is 3.32. The molecular weight excluding hydrogens is 242 g/mol. The Morgan fingerprint density at radius 1 is 1.11 bits per heavy atom. The van der Waals surface area contributed by atoms with Crippen molar-refractivity contribution in [1.29, 1.82) is 0 Å². The second kappa shape index (κ2) is 6.22. The topological polar surface area (TPSA) is 70.2 Å². The van der Waals surface area contributed by atoms with Gasteiger partial charge in [0.05, 0.1) is 0 Å². The Balaban J connectivity index is 1.93. The fraction of sp³-hybridized carbons (Fsp3) is 0.429. The minimum Gasteiger partial charge on any atom is -0.349 e. The molecule has 5 heteroatoms. The Kier molecular flexibility index (Phi) is 4.39. The summed E-state index contributed by atoms with van der Waals surface area (Å²) in [5, 5.41) is 8.15. The Hall–Kier alpha value is -2.04. The summed E-state index contributed by atoms with van der Waals surface area (Å²) in [5.41, 5.74) is 1.28. The van der Waals surface area contributed by atoms with E-state index in [-0.39, 0.29) is 11.9 Å². The van der Waals surface area contributed by atoms with Crippen LogP contribution in [0, 0.1) is 0 Å². The standard InChI is InChI=1S/C14H19N3O2/c1-15-14(19)17-12-8-6-10(7-9-12)13(18)16-11-4-2-3-5-11/h6-9,11H,2-5H2,1H3,(H,16,18)(H2,15,17,19). The van der Waals surface area contributed by atoms with Gasteiger partial charge >= 0.3 is 6.03 Å². The van der Waals surface area contributed by atoms with Crippen LogP contribution in [-0.4, -0.2) is 25.0 Å². The molecule has 0 atom stereocenters. The Morgan fingerprint density at radius 2 is 1.74 bits per heavy atom. The number of anilines is 1. The van der Waals surface area contributed by atoms with Crippen LogP contribution in [0.3, 0.4) is 0 Å². The van der Waals surface area contributed by atoms with Gasteiger partial charge < -0.3 is 16.0 Å². The molecule has 0 spiro atoms. The molecule has 1 fully saturated rings. The predicted molar refractivity (Wildman–Crippen MR) is 74.2 cm³/mol. The molecular formula is C14H19N3O2. The van der Waals surface area contributed by atoms with Crippen LogP contribution in [0.5, 0.6) is 0 Å². The molecule has 2 rings (SSSR count). The van der Waals surface area contributed by atoms with E-state index in [4.69, 9.17) is 0 Å². The highest BCUT2D eigenvalue weighted by Gasteiger charge is 2.17. The van der Waals surface area contributed by atoms with Gasteiger partial charge in [-0.2, -0.15) is 0 Å². The van der Waals surface area contributed by atoms with Crippen molar-refractivity contribution in [3.63, 3.8) is 0 Å². The van der Waals surface area contributed by atoms with Crippen LogP contribution < -0.4 is 16.0 Å². The summed E-state index contributed by atoms with van der Waals surface area (Å²) < 4.78 is 0. The first kappa shape index (κ1) is 13.4. The van der Waals surface area contributed by atoms with E-state index in [9.17, 15) is 9.59 Å². The number of rotatable bonds is 3. The molecule has 0 aromatic heterocycles. The molecule has 1 aromatic rings. The molecule has 1 aliphatic rings. The van der Waals surface area contributed by atoms with Crippen molar-refractivity contribution in [3.8, 4) is 0 Å². The lowest BCUT2D eigenvalue weighted by atomic mass is 10.1. The van der Waals surface area contributed by atoms with Crippen LogP contribution in [0.25, 0.3) is 0 Å². The van der Waals surface area contributed by atoms with Crippen LogP contribution in [-0.2, 0) is 0 Å². The zero-order valence-electron chi connectivity index (χ0n) is 11.0. The molecule has 102 valence electrons. The van der Waals surface area contributed by atoms with Crippen molar-refractivity contribution in [1.82, 2.24) is 10.6 Å². The fourth-order valence-corrected chi connectivity index (χ4v) is 2.24. The van der Waals surface area contributed by atoms with Crippen molar-refractivity contribution in [2.45, 2.75) is 31.7 Å². The van der Waals surface area contributed by atoms with Gasteiger partial charge in [-0.15, -0.1) is 0 Å². The van der Waals surface area contributed by atoms with Crippen molar-refractivity contribution < 1.29 is 9.59 Å². The van der Waals surface area contributed by atoms with E-state index in [0.717, 1.165) is 12.8 Å². The number of hydrogen-bond donors (Lipinski definition) is 3. The number of nitrogens with one attached hydrogen (secondary N) is 3. The first-order valence-corrected chi connectivity index (χ1v) is 6.58. The summed E-state index contributed by atoms with van der Waals surface area (Å²) in [6, 6.07) is 6.92. The first-order chi connectivity index (χ1) is 9.19. The van der Waals surface area contributed by atoms with Crippen LogP contribution in [0.1, 0.15) is 36.0 Å². The number of carbonyl (C=O) groups is 2. The zero-order chi connectivity index (χ0) is 13.7. The predicted octanol–water partition coefficient (Wildman–Crippen LogP) is 2.11. The summed E-state index contributed by atoms with van der Waals surface area (Å²) in [5.74, 6) is -0.0432. The van der Waals surface area contributed by atoms with Gasteiger partial charge in [-0.25, -0.2) is 4.79 Å². The quantitative estimate of drug-likeness (QED) is 0.780. The van der Waals surface area contributed by atoms with Crippen LogP contribution in [0.15, 0.2) is 24.3 Å². The van der Waals surface area contributed by atoms with Crippen LogP contribution >= 0.6 is 0 Å². The summed E-state index contributed by atoms with van der Waals surface area (Å²) >= 11 is 0. The zero-order valence-corrected chi connectivity index (χ0v) is 11.0. The van der Waals surface area contributed by atoms with Gasteiger partial charge in [0.1, 0.15) is 0 Å². The highest BCUT2D eigenvalue weighted by molar-refractivity contribution is 5.95. The molecule has 0 saturated heterocycles. The van der Waals surface area contributed by atoms with E-state index >= 15 is 0 Å². The normalized spacial score (nSPS) is 15.0. The van der Waals surface area contributed by atoms with Crippen molar-refractivity contribution >= 4 is 17.6 Å². The summed E-state index contributed by atoms with van der Waals surface area (Å²) in [4.78, 5) is 23.1. The average molecular weight is 261 g/mol. The third-order valence-electron chi connectivity index (χ3n) is 3.32. The molecule has 0 bridgehead atoms. The number of hydrogen-bond acceptors (Lipinski definition) is 2. The highest BCUT2D eigenvalue weighted by Crippen LogP contribution is 2.18. The smallest absolute Gasteiger partial charge is 0.318 e. The lowest BCUT2D eigenvalue weighted by Gasteiger charge is -2.12. The number of carbonyl (C=O) groups excluding carboxylic acids is 2. The molecule has 1 saturated carbocycles. The average Bonchev–Trinajstić information content (AvgIpc) is 2.92. The molecule has 0 radical (unpaired) electrons. The molecule has 1 aliphatic carbocycles. The number of benzene rings is 1. The van der Waals surface area contributed by atoms with Gasteiger partial charge in [0, 0.05) is 24.3 Å². The lowest BCUT2D eigenvalue weighted by molar-refractivity contribution is 0.0938. The van der Waals surface area contributed by atoms with Crippen LogP contribution in [0.4, 0.5) is 10.5 Å². The van der Waals surface area contributed by atoms with E-state index in [1.807, 2.05) is 0 Å². The second-order valence-electron chi connectivity index (χ2n) is 4.74. The van der Waals surface area contributed by atoms with E-state index in [1.165, 1.54) is 12.8 Å². The van der Waals surface area contributed by atoms with Gasteiger partial charge in [0.15, 0.2) is 0 Å². The Labute approximate surface area is 112 Å². The van der Waals surface area contributed by atoms with E-state index < -0.39 is 0 Å². The van der Waals surface area contributed by atoms with Gasteiger partial charge in [0.2, 0.25) is 0 Å². The van der Waals surface area contributed by atoms with Gasteiger partial charge in [-0.3, -0.25) is 4.79 Å². The van der Waals surface area contributed by atoms with Gasteiger partial charge in [-0.05, 0) is 37.1 Å². The maximum Gasteiger partial charge on any atom is 0.318 e. The monoisotopic (exact) mass is 261 g/mol. The minimum atomic E-state index is -0.275. The summed E-state index contributed by atoms with van der Waals surface area (Å²) in [7, 11) is 1.55. The van der Waals surface area contributed by atoms with Gasteiger partial charge in [-0.1, -0.05) is 12.8 Å². The maximum atomic E-state index is 12.0. The molecule has 1 aromatic carbocycles. The highest BCUT2D eigenvalue weighted by atomic mass is 16.2. The van der Waals surface area contributed by atoms with E-state index in [0.29, 0.717) is 17.3 Å². The number of urea groups is 1. The SMILES string of the molecule is CNC(=O)Nc1ccc(C(=O)NC2CCCC2)cc1. The summed E-state index contributed by atoms with van der Waals surface area (Å²) in [6.07, 6.45) is 4.53. The van der Waals surface area contributed by atoms with Crippen molar-refractivity contribution in [2.75, 3.05) is 12.4 Å². The van der Waals surface area contributed by atoms with Crippen molar-refractivity contribution in [2.24, 2.45) is 0 Å². The Morgan fingerprint density at radius 3 is 2.32 bits per heavy atom. The molecule has 5 nitrogen and oxygen atoms in total. The molecule has 3 N–H and O–H groups in total. The van der Waals surface area contributed by atoms with E-state index in [2.05, 4.69) is 16.0 Å².